The van der Waals surface area contributed by atoms with Crippen molar-refractivity contribution in [2.45, 2.75) is 52.4 Å². The minimum absolute atomic E-state index is 0.000352. The maximum Gasteiger partial charge on any atom is 0.343 e. The van der Waals surface area contributed by atoms with Crippen molar-refractivity contribution in [1.82, 2.24) is 10.2 Å². The molecule has 0 saturated heterocycles. The van der Waals surface area contributed by atoms with Gasteiger partial charge in [0, 0.05) is 16.7 Å². The number of hydrogen-bond acceptors (Lipinski definition) is 6. The van der Waals surface area contributed by atoms with Crippen molar-refractivity contribution in [1.29, 1.82) is 0 Å². The van der Waals surface area contributed by atoms with Gasteiger partial charge in [0.25, 0.3) is 0 Å². The van der Waals surface area contributed by atoms with Crippen LogP contribution in [-0.2, 0) is 10.8 Å². The zero-order valence-corrected chi connectivity index (χ0v) is 21.9. The van der Waals surface area contributed by atoms with Crippen molar-refractivity contribution in [3.8, 4) is 34.4 Å². The van der Waals surface area contributed by atoms with E-state index in [-0.39, 0.29) is 10.8 Å². The zero-order chi connectivity index (χ0) is 26.1. The first-order valence-electron chi connectivity index (χ1n) is 11.9. The first-order chi connectivity index (χ1) is 17.0. The molecule has 0 aliphatic carbocycles. The summed E-state index contributed by atoms with van der Waals surface area (Å²) in [5.41, 5.74) is 3.96. The van der Waals surface area contributed by atoms with Gasteiger partial charge in [0.1, 0.15) is 11.5 Å². The fraction of sp³-hybridized carbons (Fsp3) is 0.300. The van der Waals surface area contributed by atoms with Crippen molar-refractivity contribution in [2.24, 2.45) is 0 Å². The van der Waals surface area contributed by atoms with Crippen LogP contribution in [0.15, 0.2) is 71.1 Å². The molecule has 0 spiro atoms. The van der Waals surface area contributed by atoms with E-state index >= 15 is 0 Å². The third-order valence-electron chi connectivity index (χ3n) is 5.99. The maximum absolute atomic E-state index is 13.0. The van der Waals surface area contributed by atoms with E-state index in [0.29, 0.717) is 28.7 Å². The van der Waals surface area contributed by atoms with E-state index in [9.17, 15) is 4.79 Å². The number of ether oxygens (including phenoxy) is 2. The van der Waals surface area contributed by atoms with Crippen molar-refractivity contribution in [3.05, 3.63) is 83.4 Å². The Morgan fingerprint density at radius 2 is 1.31 bits per heavy atom. The van der Waals surface area contributed by atoms with Crippen LogP contribution >= 0.6 is 0 Å². The molecule has 4 rings (SSSR count). The number of aromatic nitrogens is 2. The summed E-state index contributed by atoms with van der Waals surface area (Å²) in [5, 5.41) is 8.29. The van der Waals surface area contributed by atoms with Gasteiger partial charge >= 0.3 is 5.97 Å². The third-order valence-corrected chi connectivity index (χ3v) is 5.99. The standard InChI is InChI=1S/C30H32N2O4/c1-29(2,3)22-14-17-25(24(18-22)30(4,5)6)35-28(33)21-10-8-19(9-11-21)26-31-32-27(36-26)20-12-15-23(34-7)16-13-20/h8-18H,1-7H3. The van der Waals surface area contributed by atoms with Gasteiger partial charge in [-0.15, -0.1) is 10.2 Å². The van der Waals surface area contributed by atoms with E-state index in [4.69, 9.17) is 13.9 Å². The van der Waals surface area contributed by atoms with E-state index in [0.717, 1.165) is 16.9 Å². The van der Waals surface area contributed by atoms with Gasteiger partial charge in [-0.3, -0.25) is 0 Å². The van der Waals surface area contributed by atoms with Crippen LogP contribution in [0.1, 0.15) is 63.0 Å². The fourth-order valence-corrected chi connectivity index (χ4v) is 3.77. The van der Waals surface area contributed by atoms with E-state index in [2.05, 4.69) is 57.8 Å². The molecule has 0 bridgehead atoms. The van der Waals surface area contributed by atoms with Crippen molar-refractivity contribution in [3.63, 3.8) is 0 Å². The van der Waals surface area contributed by atoms with E-state index in [1.807, 2.05) is 36.4 Å². The number of carbonyl (C=O) groups is 1. The first-order valence-corrected chi connectivity index (χ1v) is 11.9. The van der Waals surface area contributed by atoms with Crippen molar-refractivity contribution >= 4 is 5.97 Å². The molecule has 1 aromatic heterocycles. The Bertz CT molecular complexity index is 1360. The fourth-order valence-electron chi connectivity index (χ4n) is 3.77. The molecule has 6 nitrogen and oxygen atoms in total. The van der Waals surface area contributed by atoms with Crippen LogP contribution in [-0.4, -0.2) is 23.3 Å². The Morgan fingerprint density at radius 3 is 1.81 bits per heavy atom. The topological polar surface area (TPSA) is 74.5 Å². The molecule has 3 aromatic carbocycles. The predicted molar refractivity (Wildman–Crippen MR) is 141 cm³/mol. The highest BCUT2D eigenvalue weighted by Crippen LogP contribution is 2.36. The Hall–Kier alpha value is -3.93. The highest BCUT2D eigenvalue weighted by Gasteiger charge is 2.24. The Kier molecular flexibility index (Phi) is 6.72. The number of nitrogens with zero attached hydrogens (tertiary/aromatic N) is 2. The molecule has 186 valence electrons. The van der Waals surface area contributed by atoms with Gasteiger partial charge in [0.05, 0.1) is 12.7 Å². The summed E-state index contributed by atoms with van der Waals surface area (Å²) in [5.74, 6) is 1.68. The zero-order valence-electron chi connectivity index (χ0n) is 21.9. The highest BCUT2D eigenvalue weighted by molar-refractivity contribution is 5.91. The molecule has 0 N–H and O–H groups in total. The SMILES string of the molecule is COc1ccc(-c2nnc(-c3ccc(C(=O)Oc4ccc(C(C)(C)C)cc4C(C)(C)C)cc3)o2)cc1. The molecule has 4 aromatic rings. The molecule has 0 fully saturated rings. The van der Waals surface area contributed by atoms with Crippen LogP contribution < -0.4 is 9.47 Å². The molecule has 6 heteroatoms. The largest absolute Gasteiger partial charge is 0.497 e. The molecule has 1 heterocycles. The minimum Gasteiger partial charge on any atom is -0.497 e. The average molecular weight is 485 g/mol. The second kappa shape index (κ2) is 9.61. The van der Waals surface area contributed by atoms with Crippen LogP contribution in [0.4, 0.5) is 0 Å². The second-order valence-corrected chi connectivity index (χ2v) is 10.8. The number of rotatable bonds is 5. The molecular formula is C30H32N2O4. The van der Waals surface area contributed by atoms with Gasteiger partial charge in [-0.1, -0.05) is 53.7 Å². The smallest absolute Gasteiger partial charge is 0.343 e. The quantitative estimate of drug-likeness (QED) is 0.220. The van der Waals surface area contributed by atoms with Gasteiger partial charge in [-0.2, -0.15) is 0 Å². The lowest BCUT2D eigenvalue weighted by Gasteiger charge is -2.26. The van der Waals surface area contributed by atoms with Gasteiger partial charge in [0.15, 0.2) is 0 Å². The number of esters is 1. The Labute approximate surface area is 212 Å². The minimum atomic E-state index is -0.417. The maximum atomic E-state index is 13.0. The molecule has 0 radical (unpaired) electrons. The normalized spacial score (nSPS) is 11.9. The summed E-state index contributed by atoms with van der Waals surface area (Å²) in [6, 6.07) is 20.4. The lowest BCUT2D eigenvalue weighted by Crippen LogP contribution is -2.19. The molecule has 0 unspecified atom stereocenters. The summed E-state index contributed by atoms with van der Waals surface area (Å²) in [6.07, 6.45) is 0. The third kappa shape index (κ3) is 5.48. The average Bonchev–Trinajstić information content (AvgIpc) is 3.33. The number of benzene rings is 3. The van der Waals surface area contributed by atoms with E-state index in [1.165, 1.54) is 5.56 Å². The van der Waals surface area contributed by atoms with Crippen LogP contribution in [0.2, 0.25) is 0 Å². The summed E-state index contributed by atoms with van der Waals surface area (Å²) in [6.45, 7) is 12.9. The lowest BCUT2D eigenvalue weighted by atomic mass is 9.80. The summed E-state index contributed by atoms with van der Waals surface area (Å²) < 4.78 is 16.9. The molecule has 0 amide bonds. The second-order valence-electron chi connectivity index (χ2n) is 10.8. The first kappa shape index (κ1) is 25.2. The molecule has 36 heavy (non-hydrogen) atoms. The number of carbonyl (C=O) groups excluding carboxylic acids is 1. The van der Waals surface area contributed by atoms with Gasteiger partial charge in [0.2, 0.25) is 11.8 Å². The molecular weight excluding hydrogens is 452 g/mol. The predicted octanol–water partition coefficient (Wildman–Crippen LogP) is 7.23. The molecule has 0 saturated carbocycles. The van der Waals surface area contributed by atoms with Crippen LogP contribution in [0.3, 0.4) is 0 Å². The summed E-state index contributed by atoms with van der Waals surface area (Å²) in [4.78, 5) is 13.0. The van der Waals surface area contributed by atoms with Crippen molar-refractivity contribution < 1.29 is 18.7 Å². The Morgan fingerprint density at radius 1 is 0.750 bits per heavy atom. The molecule has 0 aliphatic rings. The Balaban J connectivity index is 1.53. The molecule has 0 atom stereocenters. The van der Waals surface area contributed by atoms with E-state index in [1.54, 1.807) is 31.4 Å². The highest BCUT2D eigenvalue weighted by atomic mass is 16.5. The number of hydrogen-bond donors (Lipinski definition) is 0. The van der Waals surface area contributed by atoms with E-state index < -0.39 is 5.97 Å². The van der Waals surface area contributed by atoms with Crippen LogP contribution in [0.25, 0.3) is 22.9 Å². The molecule has 0 aliphatic heterocycles. The monoisotopic (exact) mass is 484 g/mol. The van der Waals surface area contributed by atoms with Gasteiger partial charge < -0.3 is 13.9 Å². The van der Waals surface area contributed by atoms with Gasteiger partial charge in [-0.05, 0) is 71.0 Å². The summed E-state index contributed by atoms with van der Waals surface area (Å²) >= 11 is 0. The van der Waals surface area contributed by atoms with Crippen LogP contribution in [0, 0.1) is 0 Å². The van der Waals surface area contributed by atoms with Gasteiger partial charge in [-0.25, -0.2) is 4.79 Å². The lowest BCUT2D eigenvalue weighted by molar-refractivity contribution is 0.0732. The van der Waals surface area contributed by atoms with Crippen LogP contribution in [0.5, 0.6) is 11.5 Å². The summed E-state index contributed by atoms with van der Waals surface area (Å²) in [7, 11) is 1.62. The number of methoxy groups -OCH3 is 1. The van der Waals surface area contributed by atoms with Crippen molar-refractivity contribution in [2.75, 3.05) is 7.11 Å².